The van der Waals surface area contributed by atoms with Crippen LogP contribution in [0.5, 0.6) is 0 Å². The van der Waals surface area contributed by atoms with E-state index in [1.807, 2.05) is 0 Å². The summed E-state index contributed by atoms with van der Waals surface area (Å²) < 4.78 is 0. The highest BCUT2D eigenvalue weighted by Crippen LogP contribution is 1.71. The Hall–Kier alpha value is -3.02. The molecule has 0 radical (unpaired) electrons. The second-order valence-corrected chi connectivity index (χ2v) is 4.28. The molecule has 0 aromatic carbocycles. The minimum absolute atomic E-state index is 0.156. The third kappa shape index (κ3) is 11.6. The lowest BCUT2D eigenvalue weighted by molar-refractivity contribution is -0.129. The molecule has 12 nitrogen and oxygen atoms in total. The number of hydrogen-bond donors (Lipinski definition) is 6. The van der Waals surface area contributed by atoms with Gasteiger partial charge in [0.15, 0.2) is 0 Å². The van der Waals surface area contributed by atoms with Crippen molar-refractivity contribution in [2.24, 2.45) is 5.73 Å². The molecule has 0 atom stereocenters. The lowest BCUT2D eigenvalue weighted by Crippen LogP contribution is -2.46. The summed E-state index contributed by atoms with van der Waals surface area (Å²) >= 11 is 0. The van der Waals surface area contributed by atoms with Gasteiger partial charge in [-0.15, -0.1) is 0 Å². The van der Waals surface area contributed by atoms with Gasteiger partial charge in [-0.25, -0.2) is 0 Å². The van der Waals surface area contributed by atoms with Gasteiger partial charge in [-0.2, -0.15) is 0 Å². The number of hydrogen-bond acceptors (Lipinski definition) is 7. The average Bonchev–Trinajstić information content (AvgIpc) is 2.58. The second-order valence-electron chi connectivity index (χ2n) is 4.28. The summed E-state index contributed by atoms with van der Waals surface area (Å²) in [6.45, 7) is -1.84. The van der Waals surface area contributed by atoms with Crippen LogP contribution in [0.25, 0.3) is 0 Å². The van der Waals surface area contributed by atoms with E-state index in [1.165, 1.54) is 0 Å². The summed E-state index contributed by atoms with van der Waals surface area (Å²) in [5.74, 6) is -2.90. The average molecular weight is 344 g/mol. The quantitative estimate of drug-likeness (QED) is 0.202. The van der Waals surface area contributed by atoms with Crippen LogP contribution in [0.3, 0.4) is 0 Å². The fourth-order valence-corrected chi connectivity index (χ4v) is 1.19. The van der Waals surface area contributed by atoms with Crippen LogP contribution in [0.15, 0.2) is 0 Å². The van der Waals surface area contributed by atoms with Crippen molar-refractivity contribution >= 4 is 35.8 Å². The van der Waals surface area contributed by atoms with Crippen molar-refractivity contribution in [3.63, 3.8) is 0 Å². The normalized spacial score (nSPS) is 9.38. The summed E-state index contributed by atoms with van der Waals surface area (Å²) in [6.07, 6.45) is 0.496. The Bertz CT molecular complexity index is 494. The Morgan fingerprint density at radius 1 is 0.625 bits per heavy atom. The lowest BCUT2D eigenvalue weighted by Gasteiger charge is -2.08. The first kappa shape index (κ1) is 21.0. The molecule has 0 fully saturated rings. The number of rotatable bonds is 11. The smallest absolute Gasteiger partial charge is 0.239 e. The monoisotopic (exact) mass is 344 g/mol. The van der Waals surface area contributed by atoms with Crippen LogP contribution in [0.1, 0.15) is 0 Å². The predicted molar refractivity (Wildman–Crippen MR) is 80.2 cm³/mol. The molecule has 24 heavy (non-hydrogen) atoms. The second kappa shape index (κ2) is 12.5. The van der Waals surface area contributed by atoms with Gasteiger partial charge in [0.1, 0.15) is 6.29 Å². The summed E-state index contributed by atoms with van der Waals surface area (Å²) in [6, 6.07) is 0. The Morgan fingerprint density at radius 3 is 1.29 bits per heavy atom. The SMILES string of the molecule is NCC(=O)NCC(=O)NCC(=O)NCC(=O)NCC(=O)NCC=O. The van der Waals surface area contributed by atoms with Crippen LogP contribution in [0.2, 0.25) is 0 Å². The number of carbonyl (C=O) groups excluding carboxylic acids is 6. The van der Waals surface area contributed by atoms with E-state index in [1.54, 1.807) is 0 Å². The first-order chi connectivity index (χ1) is 11.4. The fourth-order valence-electron chi connectivity index (χ4n) is 1.19. The molecule has 12 heteroatoms. The molecule has 0 aliphatic rings. The van der Waals surface area contributed by atoms with Crippen LogP contribution in [0.4, 0.5) is 0 Å². The van der Waals surface area contributed by atoms with Crippen molar-refractivity contribution in [1.82, 2.24) is 26.6 Å². The van der Waals surface area contributed by atoms with Crippen molar-refractivity contribution in [2.75, 3.05) is 39.3 Å². The van der Waals surface area contributed by atoms with Gasteiger partial charge in [-0.3, -0.25) is 24.0 Å². The molecule has 0 saturated carbocycles. The minimum Gasteiger partial charge on any atom is -0.348 e. The standard InChI is InChI=1S/C12H20N6O6/c13-3-8(20)15-5-10(22)17-7-12(24)18-6-11(23)16-4-9(21)14-1-2-19/h2H,1,3-7,13H2,(H,14,21)(H,15,20)(H,16,23)(H,17,22)(H,18,24). The topological polar surface area (TPSA) is 189 Å². The van der Waals surface area contributed by atoms with Crippen LogP contribution >= 0.6 is 0 Å². The maximum absolute atomic E-state index is 11.4. The molecule has 0 aliphatic carbocycles. The molecular formula is C12H20N6O6. The van der Waals surface area contributed by atoms with Gasteiger partial charge in [0.05, 0.1) is 39.3 Å². The Morgan fingerprint density at radius 2 is 0.958 bits per heavy atom. The first-order valence-electron chi connectivity index (χ1n) is 6.86. The predicted octanol–water partition coefficient (Wildman–Crippen LogP) is -5.27. The number of amides is 5. The third-order valence-electron chi connectivity index (χ3n) is 2.35. The van der Waals surface area contributed by atoms with E-state index >= 15 is 0 Å². The fraction of sp³-hybridized carbons (Fsp3) is 0.500. The number of nitrogens with one attached hydrogen (secondary N) is 5. The van der Waals surface area contributed by atoms with Gasteiger partial charge in [-0.1, -0.05) is 0 Å². The van der Waals surface area contributed by atoms with Crippen molar-refractivity contribution in [3.05, 3.63) is 0 Å². The molecular weight excluding hydrogens is 324 g/mol. The third-order valence-corrected chi connectivity index (χ3v) is 2.35. The molecule has 0 aromatic rings. The molecule has 0 aliphatic heterocycles. The summed E-state index contributed by atoms with van der Waals surface area (Å²) in [7, 11) is 0. The van der Waals surface area contributed by atoms with Gasteiger partial charge < -0.3 is 37.1 Å². The highest BCUT2D eigenvalue weighted by molar-refractivity contribution is 5.91. The Kier molecular flexibility index (Phi) is 10.9. The Labute approximate surface area is 137 Å². The van der Waals surface area contributed by atoms with Crippen molar-refractivity contribution in [2.45, 2.75) is 0 Å². The highest BCUT2D eigenvalue weighted by Gasteiger charge is 2.09. The molecule has 5 amide bonds. The van der Waals surface area contributed by atoms with Crippen LogP contribution in [-0.4, -0.2) is 75.1 Å². The molecule has 0 aromatic heterocycles. The van der Waals surface area contributed by atoms with E-state index in [2.05, 4.69) is 26.6 Å². The maximum atomic E-state index is 11.4. The van der Waals surface area contributed by atoms with Crippen LogP contribution in [-0.2, 0) is 28.8 Å². The van der Waals surface area contributed by atoms with E-state index < -0.39 is 29.5 Å². The molecule has 0 bridgehead atoms. The minimum atomic E-state index is -0.631. The highest BCUT2D eigenvalue weighted by atomic mass is 16.2. The van der Waals surface area contributed by atoms with E-state index in [0.29, 0.717) is 6.29 Å². The molecule has 134 valence electrons. The van der Waals surface area contributed by atoms with E-state index in [4.69, 9.17) is 5.73 Å². The summed E-state index contributed by atoms with van der Waals surface area (Å²) in [4.78, 5) is 65.9. The van der Waals surface area contributed by atoms with Crippen molar-refractivity contribution in [3.8, 4) is 0 Å². The molecule has 0 saturated heterocycles. The van der Waals surface area contributed by atoms with Crippen molar-refractivity contribution < 1.29 is 28.8 Å². The van der Waals surface area contributed by atoms with E-state index in [9.17, 15) is 28.8 Å². The van der Waals surface area contributed by atoms with Crippen LogP contribution < -0.4 is 32.3 Å². The van der Waals surface area contributed by atoms with Gasteiger partial charge >= 0.3 is 0 Å². The Balaban J connectivity index is 3.79. The zero-order valence-corrected chi connectivity index (χ0v) is 12.8. The lowest BCUT2D eigenvalue weighted by atomic mass is 10.4. The molecule has 0 heterocycles. The zero-order chi connectivity index (χ0) is 18.4. The largest absolute Gasteiger partial charge is 0.348 e. The van der Waals surface area contributed by atoms with Crippen LogP contribution in [0, 0.1) is 0 Å². The maximum Gasteiger partial charge on any atom is 0.239 e. The summed E-state index contributed by atoms with van der Waals surface area (Å²) in [5.41, 5.74) is 5.03. The number of aldehydes is 1. The van der Waals surface area contributed by atoms with Gasteiger partial charge in [0.2, 0.25) is 29.5 Å². The van der Waals surface area contributed by atoms with Crippen molar-refractivity contribution in [1.29, 1.82) is 0 Å². The van der Waals surface area contributed by atoms with Gasteiger partial charge in [0, 0.05) is 0 Å². The van der Waals surface area contributed by atoms with Gasteiger partial charge in [0.25, 0.3) is 0 Å². The number of carbonyl (C=O) groups is 6. The van der Waals surface area contributed by atoms with E-state index in [0.717, 1.165) is 0 Å². The van der Waals surface area contributed by atoms with E-state index in [-0.39, 0.29) is 39.3 Å². The first-order valence-corrected chi connectivity index (χ1v) is 6.86. The number of nitrogens with two attached hydrogens (primary N) is 1. The molecule has 0 unspecified atom stereocenters. The molecule has 7 N–H and O–H groups in total. The van der Waals surface area contributed by atoms with Gasteiger partial charge in [-0.05, 0) is 0 Å². The molecule has 0 rings (SSSR count). The molecule has 0 spiro atoms. The zero-order valence-electron chi connectivity index (χ0n) is 12.8. The summed E-state index contributed by atoms with van der Waals surface area (Å²) in [5, 5.41) is 11.1.